The van der Waals surface area contributed by atoms with Gasteiger partial charge in [0.25, 0.3) is 0 Å². The minimum Gasteiger partial charge on any atom is -0.480 e. The second-order valence-corrected chi connectivity index (χ2v) is 7.33. The van der Waals surface area contributed by atoms with Crippen LogP contribution in [0, 0.1) is 11.3 Å². The first kappa shape index (κ1) is 20.2. The van der Waals surface area contributed by atoms with Crippen molar-refractivity contribution in [2.75, 3.05) is 6.61 Å². The molecule has 0 heterocycles. The van der Waals surface area contributed by atoms with Gasteiger partial charge in [-0.15, -0.1) is 0 Å². The van der Waals surface area contributed by atoms with E-state index < -0.39 is 18.1 Å². The van der Waals surface area contributed by atoms with Gasteiger partial charge >= 0.3 is 12.1 Å². The molecule has 0 spiro atoms. The van der Waals surface area contributed by atoms with Gasteiger partial charge in [0, 0.05) is 12.3 Å². The third-order valence-electron chi connectivity index (χ3n) is 5.50. The highest BCUT2D eigenvalue weighted by molar-refractivity contribution is 5.81. The number of nitrogens with one attached hydrogen (secondary N) is 1. The molecule has 0 aliphatic heterocycles. The molecule has 31 heavy (non-hydrogen) atoms. The summed E-state index contributed by atoms with van der Waals surface area (Å²) < 4.78 is 5.44. The first-order valence-electron chi connectivity index (χ1n) is 9.91. The molecular weight excluding hydrogens is 392 g/mol. The Morgan fingerprint density at radius 2 is 1.55 bits per heavy atom. The number of nitrogens with zero attached hydrogens (tertiary/aromatic N) is 1. The van der Waals surface area contributed by atoms with Crippen molar-refractivity contribution in [3.8, 4) is 17.2 Å². The minimum absolute atomic E-state index is 0.0107. The molecule has 1 aliphatic rings. The molecule has 1 aliphatic carbocycles. The fourth-order valence-electron chi connectivity index (χ4n) is 4.01. The molecule has 0 radical (unpaired) electrons. The number of rotatable bonds is 6. The first-order chi connectivity index (χ1) is 15.1. The van der Waals surface area contributed by atoms with Gasteiger partial charge < -0.3 is 15.2 Å². The number of fused-ring (bicyclic) bond motifs is 3. The summed E-state index contributed by atoms with van der Waals surface area (Å²) in [5, 5.41) is 21.2. The Labute approximate surface area is 179 Å². The summed E-state index contributed by atoms with van der Waals surface area (Å²) >= 11 is 0. The number of carboxylic acid groups (broad SMARTS) is 1. The van der Waals surface area contributed by atoms with E-state index >= 15 is 0 Å². The molecule has 0 saturated heterocycles. The average molecular weight is 412 g/mol. The molecule has 3 aromatic rings. The number of hydrogen-bond acceptors (Lipinski definition) is 4. The molecule has 0 bridgehead atoms. The van der Waals surface area contributed by atoms with Crippen molar-refractivity contribution in [1.29, 1.82) is 5.26 Å². The third-order valence-corrected chi connectivity index (χ3v) is 5.50. The Morgan fingerprint density at radius 1 is 0.968 bits per heavy atom. The molecule has 0 saturated carbocycles. The molecule has 0 fully saturated rings. The number of carbonyl (C=O) groups is 2. The highest BCUT2D eigenvalue weighted by Gasteiger charge is 2.30. The van der Waals surface area contributed by atoms with Gasteiger partial charge in [0.2, 0.25) is 0 Å². The van der Waals surface area contributed by atoms with Crippen molar-refractivity contribution < 1.29 is 19.4 Å². The van der Waals surface area contributed by atoms with Gasteiger partial charge in [-0.3, -0.25) is 0 Å². The zero-order chi connectivity index (χ0) is 21.8. The standard InChI is InChI=1S/C25H20N2O4/c26-14-17-8-2-1-7-16(17)13-23(24(28)29)27-25(30)31-15-22-20-11-5-3-9-18(20)19-10-4-6-12-21(19)22/h1-12,22-23H,13,15H2,(H,27,30)(H,28,29)/t23-/m0/s1. The van der Waals surface area contributed by atoms with Gasteiger partial charge in [-0.05, 0) is 33.9 Å². The van der Waals surface area contributed by atoms with Gasteiger partial charge in [0.15, 0.2) is 0 Å². The van der Waals surface area contributed by atoms with E-state index in [-0.39, 0.29) is 18.9 Å². The Bertz CT molecular complexity index is 1140. The van der Waals surface area contributed by atoms with Crippen LogP contribution in [0.1, 0.15) is 28.2 Å². The fourth-order valence-corrected chi connectivity index (χ4v) is 4.01. The molecule has 1 atom stereocenters. The highest BCUT2D eigenvalue weighted by atomic mass is 16.5. The maximum atomic E-state index is 12.4. The van der Waals surface area contributed by atoms with Crippen LogP contribution in [-0.2, 0) is 16.0 Å². The van der Waals surface area contributed by atoms with Crippen molar-refractivity contribution in [3.63, 3.8) is 0 Å². The molecule has 2 N–H and O–H groups in total. The predicted molar refractivity (Wildman–Crippen MR) is 114 cm³/mol. The minimum atomic E-state index is -1.20. The van der Waals surface area contributed by atoms with Crippen LogP contribution < -0.4 is 5.32 Å². The number of alkyl carbamates (subject to hydrolysis) is 1. The summed E-state index contributed by atoms with van der Waals surface area (Å²) in [7, 11) is 0. The van der Waals surface area contributed by atoms with E-state index in [1.165, 1.54) is 0 Å². The zero-order valence-corrected chi connectivity index (χ0v) is 16.6. The number of carbonyl (C=O) groups excluding carboxylic acids is 1. The van der Waals surface area contributed by atoms with E-state index in [0.717, 1.165) is 22.3 Å². The van der Waals surface area contributed by atoms with E-state index in [2.05, 4.69) is 5.32 Å². The molecular formula is C25H20N2O4. The lowest BCUT2D eigenvalue weighted by Crippen LogP contribution is -2.43. The van der Waals surface area contributed by atoms with Gasteiger partial charge in [0.05, 0.1) is 11.6 Å². The Hall–Kier alpha value is -4.11. The summed E-state index contributed by atoms with van der Waals surface area (Å²) in [5.74, 6) is -1.30. The molecule has 1 amide bonds. The number of carboxylic acids is 1. The van der Waals surface area contributed by atoms with Crippen LogP contribution in [0.3, 0.4) is 0 Å². The first-order valence-corrected chi connectivity index (χ1v) is 9.91. The van der Waals surface area contributed by atoms with Crippen LogP contribution in [0.4, 0.5) is 4.79 Å². The average Bonchev–Trinajstić information content (AvgIpc) is 3.11. The molecule has 6 heteroatoms. The van der Waals surface area contributed by atoms with Gasteiger partial charge in [-0.25, -0.2) is 9.59 Å². The number of benzene rings is 3. The van der Waals surface area contributed by atoms with E-state index in [1.54, 1.807) is 24.3 Å². The van der Waals surface area contributed by atoms with Crippen molar-refractivity contribution in [2.45, 2.75) is 18.4 Å². The zero-order valence-electron chi connectivity index (χ0n) is 16.6. The fraction of sp³-hybridized carbons (Fsp3) is 0.160. The van der Waals surface area contributed by atoms with E-state index in [9.17, 15) is 20.0 Å². The molecule has 0 unspecified atom stereocenters. The Kier molecular flexibility index (Phi) is 5.67. The normalized spacial score (nSPS) is 12.9. The summed E-state index contributed by atoms with van der Waals surface area (Å²) in [6.45, 7) is 0.0982. The molecule has 6 nitrogen and oxygen atoms in total. The van der Waals surface area contributed by atoms with Crippen LogP contribution >= 0.6 is 0 Å². The van der Waals surface area contributed by atoms with Crippen molar-refractivity contribution in [2.24, 2.45) is 0 Å². The van der Waals surface area contributed by atoms with E-state index in [1.807, 2.05) is 54.6 Å². The summed E-state index contributed by atoms with van der Waals surface area (Å²) in [6.07, 6.45) is -0.813. The number of aliphatic carboxylic acids is 1. The van der Waals surface area contributed by atoms with Gasteiger partial charge in [-0.2, -0.15) is 5.26 Å². The smallest absolute Gasteiger partial charge is 0.407 e. The Balaban J connectivity index is 1.45. The molecule has 4 rings (SSSR count). The Morgan fingerprint density at radius 3 is 2.16 bits per heavy atom. The SMILES string of the molecule is N#Cc1ccccc1C[C@H](NC(=O)OCC1c2ccccc2-c2ccccc21)C(=O)O. The van der Waals surface area contributed by atoms with E-state index in [4.69, 9.17) is 4.74 Å². The van der Waals surface area contributed by atoms with Crippen molar-refractivity contribution in [1.82, 2.24) is 5.32 Å². The van der Waals surface area contributed by atoms with Crippen LogP contribution in [0.25, 0.3) is 11.1 Å². The monoisotopic (exact) mass is 412 g/mol. The quantitative estimate of drug-likeness (QED) is 0.635. The number of ether oxygens (including phenoxy) is 1. The second-order valence-electron chi connectivity index (χ2n) is 7.33. The molecule has 0 aromatic heterocycles. The van der Waals surface area contributed by atoms with E-state index in [0.29, 0.717) is 11.1 Å². The number of amides is 1. The van der Waals surface area contributed by atoms with Gasteiger partial charge in [0.1, 0.15) is 12.6 Å². The lowest BCUT2D eigenvalue weighted by molar-refractivity contribution is -0.139. The second kappa shape index (κ2) is 8.72. The summed E-state index contributed by atoms with van der Waals surface area (Å²) in [6, 6.07) is 23.5. The lowest BCUT2D eigenvalue weighted by atomic mass is 9.98. The van der Waals surface area contributed by atoms with Crippen molar-refractivity contribution in [3.05, 3.63) is 95.1 Å². The molecule has 3 aromatic carbocycles. The maximum Gasteiger partial charge on any atom is 0.407 e. The maximum absolute atomic E-state index is 12.4. The van der Waals surface area contributed by atoms with Crippen molar-refractivity contribution >= 4 is 12.1 Å². The van der Waals surface area contributed by atoms with Crippen LogP contribution in [0.15, 0.2) is 72.8 Å². The lowest BCUT2D eigenvalue weighted by Gasteiger charge is -2.18. The van der Waals surface area contributed by atoms with Gasteiger partial charge in [-0.1, -0.05) is 66.7 Å². The van der Waals surface area contributed by atoms with Crippen LogP contribution in [-0.4, -0.2) is 29.8 Å². The predicted octanol–water partition coefficient (Wildman–Crippen LogP) is 4.09. The van der Waals surface area contributed by atoms with Crippen LogP contribution in [0.5, 0.6) is 0 Å². The number of nitriles is 1. The summed E-state index contributed by atoms with van der Waals surface area (Å²) in [5.41, 5.74) is 5.31. The number of hydrogen-bond donors (Lipinski definition) is 2. The molecule has 154 valence electrons. The van der Waals surface area contributed by atoms with Crippen LogP contribution in [0.2, 0.25) is 0 Å². The highest BCUT2D eigenvalue weighted by Crippen LogP contribution is 2.44. The topological polar surface area (TPSA) is 99.4 Å². The summed E-state index contributed by atoms with van der Waals surface area (Å²) in [4.78, 5) is 24.1. The largest absolute Gasteiger partial charge is 0.480 e. The third kappa shape index (κ3) is 4.12.